The molecule has 0 N–H and O–H groups in total. The molecule has 0 aliphatic heterocycles. The number of rotatable bonds is 12. The molecule has 1 aromatic carbocycles. The van der Waals surface area contributed by atoms with Crippen molar-refractivity contribution in [2.45, 2.75) is 46.8 Å². The van der Waals surface area contributed by atoms with Crippen LogP contribution in [0.15, 0.2) is 41.9 Å². The molecule has 3 heterocycles. The molecule has 33 heavy (non-hydrogen) atoms. The smallest absolute Gasteiger partial charge is 0.247 e. The molecule has 3 aromatic heterocycles. The molecular weight excluding hydrogens is 436 g/mol. The molecule has 0 amide bonds. The van der Waals surface area contributed by atoms with E-state index in [0.29, 0.717) is 38.9 Å². The predicted octanol–water partition coefficient (Wildman–Crippen LogP) is 5.48. The zero-order valence-electron chi connectivity index (χ0n) is 19.4. The molecule has 174 valence electrons. The minimum Gasteiger partial charge on any atom is -0.437 e. The molecule has 0 spiro atoms. The lowest BCUT2D eigenvalue weighted by Crippen LogP contribution is -2.12. The van der Waals surface area contributed by atoms with Crippen LogP contribution in [-0.2, 0) is 29.0 Å². The second kappa shape index (κ2) is 11.4. The van der Waals surface area contributed by atoms with E-state index in [1.807, 2.05) is 55.8 Å². The Hall–Kier alpha value is -2.81. The van der Waals surface area contributed by atoms with Crippen molar-refractivity contribution >= 4 is 22.4 Å². The highest BCUT2D eigenvalue weighted by molar-refractivity contribution is 7.09. The van der Waals surface area contributed by atoms with Gasteiger partial charge >= 0.3 is 0 Å². The van der Waals surface area contributed by atoms with Gasteiger partial charge in [0, 0.05) is 43.5 Å². The lowest BCUT2D eigenvalue weighted by molar-refractivity contribution is 0.112. The Morgan fingerprint density at radius 3 is 2.64 bits per heavy atom. The van der Waals surface area contributed by atoms with Gasteiger partial charge in [0.2, 0.25) is 5.88 Å². The van der Waals surface area contributed by atoms with Gasteiger partial charge in [-0.25, -0.2) is 15.0 Å². The Morgan fingerprint density at radius 1 is 1.03 bits per heavy atom. The van der Waals surface area contributed by atoms with Crippen LogP contribution < -0.4 is 4.74 Å². The highest BCUT2D eigenvalue weighted by atomic mass is 32.1. The largest absolute Gasteiger partial charge is 0.437 e. The number of aromatic nitrogens is 4. The Labute approximate surface area is 198 Å². The van der Waals surface area contributed by atoms with E-state index in [0.717, 1.165) is 51.7 Å². The molecule has 7 nitrogen and oxygen atoms in total. The van der Waals surface area contributed by atoms with Crippen molar-refractivity contribution in [3.8, 4) is 11.6 Å². The molecule has 0 saturated heterocycles. The van der Waals surface area contributed by atoms with Crippen molar-refractivity contribution in [2.24, 2.45) is 0 Å². The van der Waals surface area contributed by atoms with Gasteiger partial charge in [-0.1, -0.05) is 18.2 Å². The van der Waals surface area contributed by atoms with Gasteiger partial charge in [0.05, 0.1) is 17.1 Å². The molecule has 4 aromatic rings. The fraction of sp³-hybridized carbons (Fsp3) is 0.400. The van der Waals surface area contributed by atoms with Crippen molar-refractivity contribution in [3.05, 3.63) is 64.0 Å². The number of hydrogen-bond acceptors (Lipinski definition) is 7. The van der Waals surface area contributed by atoms with Crippen molar-refractivity contribution in [2.75, 3.05) is 19.8 Å². The van der Waals surface area contributed by atoms with E-state index in [2.05, 4.69) is 16.5 Å². The minimum absolute atomic E-state index is 0.429. The molecule has 0 unspecified atom stereocenters. The van der Waals surface area contributed by atoms with Gasteiger partial charge in [0.1, 0.15) is 18.2 Å². The summed E-state index contributed by atoms with van der Waals surface area (Å²) in [5, 5.41) is 3.16. The van der Waals surface area contributed by atoms with Crippen molar-refractivity contribution < 1.29 is 14.2 Å². The first-order valence-electron chi connectivity index (χ1n) is 11.3. The fourth-order valence-electron chi connectivity index (χ4n) is 3.66. The molecule has 0 radical (unpaired) electrons. The number of thiazole rings is 1. The average molecular weight is 467 g/mol. The molecule has 0 fully saturated rings. The van der Waals surface area contributed by atoms with Crippen LogP contribution in [0.5, 0.6) is 11.6 Å². The Kier molecular flexibility index (Phi) is 8.04. The average Bonchev–Trinajstić information content (AvgIpc) is 3.47. The highest BCUT2D eigenvalue weighted by Crippen LogP contribution is 2.32. The molecule has 8 heteroatoms. The number of imidazole rings is 1. The SMILES string of the molecule is CCOCc1nc2c(Oc3ccccc3)nc(C)c(C)c2n1CCOCCCc1nccs1. The Bertz CT molecular complexity index is 1160. The predicted molar refractivity (Wildman–Crippen MR) is 130 cm³/mol. The standard InChI is InChI=1S/C25H30N4O3S/c1-4-30-17-21-28-23-24(29(21)13-15-31-14-8-11-22-26-12-16-33-22)18(2)19(3)27-25(23)32-20-9-6-5-7-10-20/h5-7,9-10,12,16H,4,8,11,13-15,17H2,1-3H3. The normalized spacial score (nSPS) is 11.4. The number of aryl methyl sites for hydroxylation is 3. The Morgan fingerprint density at radius 2 is 1.88 bits per heavy atom. The first-order valence-corrected chi connectivity index (χ1v) is 12.2. The summed E-state index contributed by atoms with van der Waals surface area (Å²) in [5.74, 6) is 2.10. The van der Waals surface area contributed by atoms with Crippen molar-refractivity contribution in [1.82, 2.24) is 19.5 Å². The topological polar surface area (TPSA) is 71.3 Å². The van der Waals surface area contributed by atoms with Crippen molar-refractivity contribution in [3.63, 3.8) is 0 Å². The third-order valence-electron chi connectivity index (χ3n) is 5.43. The van der Waals surface area contributed by atoms with Gasteiger partial charge in [0.25, 0.3) is 0 Å². The molecule has 0 bridgehead atoms. The van der Waals surface area contributed by atoms with Crippen LogP contribution in [0, 0.1) is 13.8 Å². The van der Waals surface area contributed by atoms with Crippen molar-refractivity contribution in [1.29, 1.82) is 0 Å². The van der Waals surface area contributed by atoms with Crippen LogP contribution in [0.1, 0.15) is 35.4 Å². The molecule has 0 aliphatic carbocycles. The summed E-state index contributed by atoms with van der Waals surface area (Å²) in [7, 11) is 0. The molecule has 4 rings (SSSR count). The first-order chi connectivity index (χ1) is 16.2. The van der Waals surface area contributed by atoms with Gasteiger partial charge in [-0.05, 0) is 44.9 Å². The van der Waals surface area contributed by atoms with E-state index in [-0.39, 0.29) is 0 Å². The summed E-state index contributed by atoms with van der Waals surface area (Å²) in [5.41, 5.74) is 3.78. The number of nitrogens with zero attached hydrogens (tertiary/aromatic N) is 4. The van der Waals surface area contributed by atoms with Crippen LogP contribution in [0.3, 0.4) is 0 Å². The number of ether oxygens (including phenoxy) is 3. The molecule has 0 atom stereocenters. The maximum atomic E-state index is 6.13. The summed E-state index contributed by atoms with van der Waals surface area (Å²) in [6.45, 7) is 9.10. The molecule has 0 saturated carbocycles. The van der Waals surface area contributed by atoms with Gasteiger partial charge < -0.3 is 18.8 Å². The lowest BCUT2D eigenvalue weighted by atomic mass is 10.2. The van der Waals surface area contributed by atoms with Crippen LogP contribution in [0.2, 0.25) is 0 Å². The number of hydrogen-bond donors (Lipinski definition) is 0. The van der Waals surface area contributed by atoms with Gasteiger partial charge in [-0.15, -0.1) is 11.3 Å². The monoisotopic (exact) mass is 466 g/mol. The maximum Gasteiger partial charge on any atom is 0.247 e. The summed E-state index contributed by atoms with van der Waals surface area (Å²) in [6, 6.07) is 9.68. The van der Waals surface area contributed by atoms with E-state index in [4.69, 9.17) is 24.2 Å². The first kappa shape index (κ1) is 23.4. The quantitative estimate of drug-likeness (QED) is 0.257. The zero-order chi connectivity index (χ0) is 23.0. The number of benzene rings is 1. The Balaban J connectivity index is 1.54. The summed E-state index contributed by atoms with van der Waals surface area (Å²) < 4.78 is 20.0. The third-order valence-corrected chi connectivity index (χ3v) is 6.27. The molecular formula is C25H30N4O3S. The second-order valence-electron chi connectivity index (χ2n) is 7.70. The second-order valence-corrected chi connectivity index (χ2v) is 8.68. The summed E-state index contributed by atoms with van der Waals surface area (Å²) >= 11 is 1.69. The van der Waals surface area contributed by atoms with E-state index in [1.165, 1.54) is 0 Å². The van der Waals surface area contributed by atoms with Gasteiger partial charge in [-0.2, -0.15) is 0 Å². The van der Waals surface area contributed by atoms with Gasteiger partial charge in [0.15, 0.2) is 5.52 Å². The number of para-hydroxylation sites is 1. The van der Waals surface area contributed by atoms with Crippen LogP contribution in [-0.4, -0.2) is 39.3 Å². The van der Waals surface area contributed by atoms with E-state index >= 15 is 0 Å². The maximum absolute atomic E-state index is 6.13. The van der Waals surface area contributed by atoms with Crippen LogP contribution in [0.25, 0.3) is 11.0 Å². The van der Waals surface area contributed by atoms with E-state index in [1.54, 1.807) is 11.3 Å². The van der Waals surface area contributed by atoms with Crippen LogP contribution >= 0.6 is 11.3 Å². The lowest BCUT2D eigenvalue weighted by Gasteiger charge is -2.13. The summed E-state index contributed by atoms with van der Waals surface area (Å²) in [4.78, 5) is 13.9. The van der Waals surface area contributed by atoms with Crippen LogP contribution in [0.4, 0.5) is 0 Å². The number of pyridine rings is 1. The number of fused-ring (bicyclic) bond motifs is 1. The third kappa shape index (κ3) is 5.76. The summed E-state index contributed by atoms with van der Waals surface area (Å²) in [6.07, 6.45) is 3.76. The van der Waals surface area contributed by atoms with E-state index < -0.39 is 0 Å². The minimum atomic E-state index is 0.429. The van der Waals surface area contributed by atoms with Gasteiger partial charge in [-0.3, -0.25) is 0 Å². The zero-order valence-corrected chi connectivity index (χ0v) is 20.2. The fourth-order valence-corrected chi connectivity index (χ4v) is 4.33. The molecule has 0 aliphatic rings. The highest BCUT2D eigenvalue weighted by Gasteiger charge is 2.20. The van der Waals surface area contributed by atoms with E-state index in [9.17, 15) is 0 Å².